The molecule has 3 rings (SSSR count). The number of carbonyl (C=O) groups is 1. The van der Waals surface area contributed by atoms with Crippen LogP contribution in [0.3, 0.4) is 0 Å². The van der Waals surface area contributed by atoms with Gasteiger partial charge in [0.05, 0.1) is 11.3 Å². The number of likely N-dealkylation sites (tertiary alicyclic amines) is 1. The Morgan fingerprint density at radius 2 is 2.20 bits per heavy atom. The molecule has 1 aliphatic heterocycles. The van der Waals surface area contributed by atoms with E-state index in [0.29, 0.717) is 12.5 Å². The molecule has 0 spiro atoms. The van der Waals surface area contributed by atoms with Crippen LogP contribution >= 0.6 is 0 Å². The SMILES string of the molecule is Nc1c(F)cccc1C(=O)NCC1CCN(C2CC2)C1. The van der Waals surface area contributed by atoms with E-state index in [1.807, 2.05) is 0 Å². The predicted octanol–water partition coefficient (Wildman–Crippen LogP) is 1.62. The van der Waals surface area contributed by atoms with Crippen LogP contribution in [0.5, 0.6) is 0 Å². The quantitative estimate of drug-likeness (QED) is 0.822. The van der Waals surface area contributed by atoms with E-state index in [0.717, 1.165) is 25.6 Å². The van der Waals surface area contributed by atoms with Gasteiger partial charge in [0.2, 0.25) is 0 Å². The third-order valence-electron chi connectivity index (χ3n) is 4.23. The minimum atomic E-state index is -0.543. The molecule has 5 heteroatoms. The van der Waals surface area contributed by atoms with Crippen LogP contribution in [0.2, 0.25) is 0 Å². The number of nitrogens with one attached hydrogen (secondary N) is 1. The van der Waals surface area contributed by atoms with Crippen molar-refractivity contribution in [3.8, 4) is 0 Å². The smallest absolute Gasteiger partial charge is 0.253 e. The summed E-state index contributed by atoms with van der Waals surface area (Å²) in [5.74, 6) is -0.334. The molecule has 1 unspecified atom stereocenters. The number of nitrogen functional groups attached to an aromatic ring is 1. The molecule has 1 saturated heterocycles. The van der Waals surface area contributed by atoms with Crippen LogP contribution in [0.1, 0.15) is 29.6 Å². The van der Waals surface area contributed by atoms with Crippen LogP contribution in [-0.4, -0.2) is 36.5 Å². The molecule has 1 aromatic carbocycles. The van der Waals surface area contributed by atoms with Crippen LogP contribution in [0.25, 0.3) is 0 Å². The molecule has 1 aromatic rings. The summed E-state index contributed by atoms with van der Waals surface area (Å²) in [4.78, 5) is 14.5. The highest BCUT2D eigenvalue weighted by Crippen LogP contribution is 2.31. The third-order valence-corrected chi connectivity index (χ3v) is 4.23. The Bertz CT molecular complexity index is 516. The van der Waals surface area contributed by atoms with Crippen molar-refractivity contribution in [3.63, 3.8) is 0 Å². The number of amides is 1. The molecule has 0 bridgehead atoms. The van der Waals surface area contributed by atoms with Crippen LogP contribution in [0.15, 0.2) is 18.2 Å². The zero-order chi connectivity index (χ0) is 14.1. The fourth-order valence-electron chi connectivity index (χ4n) is 2.87. The summed E-state index contributed by atoms with van der Waals surface area (Å²) in [5, 5.41) is 2.88. The summed E-state index contributed by atoms with van der Waals surface area (Å²) in [7, 11) is 0. The Balaban J connectivity index is 1.53. The molecule has 0 aromatic heterocycles. The molecular weight excluding hydrogens is 257 g/mol. The molecule has 1 saturated carbocycles. The molecule has 1 aliphatic carbocycles. The fraction of sp³-hybridized carbons (Fsp3) is 0.533. The van der Waals surface area contributed by atoms with Gasteiger partial charge in [-0.15, -0.1) is 0 Å². The van der Waals surface area contributed by atoms with E-state index < -0.39 is 5.82 Å². The predicted molar refractivity (Wildman–Crippen MR) is 75.8 cm³/mol. The maximum atomic E-state index is 13.3. The first-order valence-corrected chi connectivity index (χ1v) is 7.21. The molecule has 3 N–H and O–H groups in total. The first-order valence-electron chi connectivity index (χ1n) is 7.21. The van der Waals surface area contributed by atoms with Gasteiger partial charge in [-0.2, -0.15) is 0 Å². The van der Waals surface area contributed by atoms with Crippen molar-refractivity contribution in [2.24, 2.45) is 5.92 Å². The Morgan fingerprint density at radius 3 is 2.95 bits per heavy atom. The second-order valence-electron chi connectivity index (χ2n) is 5.79. The van der Waals surface area contributed by atoms with Crippen molar-refractivity contribution in [3.05, 3.63) is 29.6 Å². The minimum Gasteiger partial charge on any atom is -0.396 e. The summed E-state index contributed by atoms with van der Waals surface area (Å²) in [6.07, 6.45) is 3.76. The van der Waals surface area contributed by atoms with E-state index in [1.165, 1.54) is 25.0 Å². The van der Waals surface area contributed by atoms with Crippen LogP contribution < -0.4 is 11.1 Å². The molecule has 2 fully saturated rings. The van der Waals surface area contributed by atoms with Gasteiger partial charge in [0.15, 0.2) is 0 Å². The number of anilines is 1. The van der Waals surface area contributed by atoms with E-state index in [4.69, 9.17) is 5.73 Å². The maximum Gasteiger partial charge on any atom is 0.253 e. The third kappa shape index (κ3) is 2.77. The van der Waals surface area contributed by atoms with E-state index in [1.54, 1.807) is 6.07 Å². The number of hydrogen-bond acceptors (Lipinski definition) is 3. The topological polar surface area (TPSA) is 58.4 Å². The molecule has 4 nitrogen and oxygen atoms in total. The highest BCUT2D eigenvalue weighted by molar-refractivity contribution is 5.99. The van der Waals surface area contributed by atoms with Gasteiger partial charge in [0.25, 0.3) is 5.91 Å². The second kappa shape index (κ2) is 5.40. The van der Waals surface area contributed by atoms with E-state index in [9.17, 15) is 9.18 Å². The summed E-state index contributed by atoms with van der Waals surface area (Å²) >= 11 is 0. The first-order chi connectivity index (χ1) is 9.65. The molecular formula is C15H20FN3O. The van der Waals surface area contributed by atoms with Gasteiger partial charge in [0, 0.05) is 19.1 Å². The Kier molecular flexibility index (Phi) is 3.61. The molecule has 2 aliphatic rings. The maximum absolute atomic E-state index is 13.3. The molecule has 1 atom stereocenters. The standard InChI is InChI=1S/C15H20FN3O/c16-13-3-1-2-12(14(13)17)15(20)18-8-10-6-7-19(9-10)11-4-5-11/h1-3,10-11H,4-9,17H2,(H,18,20). The average Bonchev–Trinajstić information content (AvgIpc) is 3.18. The number of benzene rings is 1. The van der Waals surface area contributed by atoms with Crippen molar-refractivity contribution in [2.75, 3.05) is 25.4 Å². The summed E-state index contributed by atoms with van der Waals surface area (Å²) < 4.78 is 13.3. The minimum absolute atomic E-state index is 0.0731. The number of halogens is 1. The Hall–Kier alpha value is -1.62. The van der Waals surface area contributed by atoms with Crippen molar-refractivity contribution >= 4 is 11.6 Å². The number of nitrogens with zero attached hydrogens (tertiary/aromatic N) is 1. The van der Waals surface area contributed by atoms with Crippen molar-refractivity contribution in [1.82, 2.24) is 10.2 Å². The first kappa shape index (κ1) is 13.4. The molecule has 20 heavy (non-hydrogen) atoms. The lowest BCUT2D eigenvalue weighted by molar-refractivity contribution is 0.0948. The average molecular weight is 277 g/mol. The molecule has 1 heterocycles. The fourth-order valence-corrected chi connectivity index (χ4v) is 2.87. The van der Waals surface area contributed by atoms with Gasteiger partial charge in [0.1, 0.15) is 5.82 Å². The number of nitrogens with two attached hydrogens (primary N) is 1. The number of hydrogen-bond donors (Lipinski definition) is 2. The monoisotopic (exact) mass is 277 g/mol. The van der Waals surface area contributed by atoms with E-state index >= 15 is 0 Å². The van der Waals surface area contributed by atoms with Crippen LogP contribution in [0, 0.1) is 11.7 Å². The lowest BCUT2D eigenvalue weighted by Crippen LogP contribution is -2.32. The zero-order valence-corrected chi connectivity index (χ0v) is 11.4. The van der Waals surface area contributed by atoms with E-state index in [-0.39, 0.29) is 17.2 Å². The van der Waals surface area contributed by atoms with Crippen molar-refractivity contribution in [2.45, 2.75) is 25.3 Å². The largest absolute Gasteiger partial charge is 0.396 e. The highest BCUT2D eigenvalue weighted by atomic mass is 19.1. The van der Waals surface area contributed by atoms with Crippen LogP contribution in [0.4, 0.5) is 10.1 Å². The number of para-hydroxylation sites is 1. The van der Waals surface area contributed by atoms with Crippen molar-refractivity contribution < 1.29 is 9.18 Å². The van der Waals surface area contributed by atoms with E-state index in [2.05, 4.69) is 10.2 Å². The van der Waals surface area contributed by atoms with Gasteiger partial charge >= 0.3 is 0 Å². The second-order valence-corrected chi connectivity index (χ2v) is 5.79. The van der Waals surface area contributed by atoms with Crippen LogP contribution in [-0.2, 0) is 0 Å². The van der Waals surface area contributed by atoms with Gasteiger partial charge in [-0.3, -0.25) is 4.79 Å². The summed E-state index contributed by atoms with van der Waals surface area (Å²) in [5.41, 5.74) is 5.74. The molecule has 108 valence electrons. The van der Waals surface area contributed by atoms with Crippen molar-refractivity contribution in [1.29, 1.82) is 0 Å². The van der Waals surface area contributed by atoms with Gasteiger partial charge < -0.3 is 16.0 Å². The number of rotatable bonds is 4. The zero-order valence-electron chi connectivity index (χ0n) is 11.4. The molecule has 0 radical (unpaired) electrons. The molecule has 1 amide bonds. The highest BCUT2D eigenvalue weighted by Gasteiger charge is 2.34. The summed E-state index contributed by atoms with van der Waals surface area (Å²) in [6, 6.07) is 5.11. The normalized spacial score (nSPS) is 22.9. The lowest BCUT2D eigenvalue weighted by Gasteiger charge is -2.15. The number of carbonyl (C=O) groups excluding carboxylic acids is 1. The van der Waals surface area contributed by atoms with Gasteiger partial charge in [-0.25, -0.2) is 4.39 Å². The Labute approximate surface area is 118 Å². The summed E-state index contributed by atoms with van der Waals surface area (Å²) in [6.45, 7) is 2.83. The van der Waals surface area contributed by atoms with Gasteiger partial charge in [-0.05, 0) is 43.9 Å². The lowest BCUT2D eigenvalue weighted by atomic mass is 10.1. The van der Waals surface area contributed by atoms with Gasteiger partial charge in [-0.1, -0.05) is 6.07 Å². The Morgan fingerprint density at radius 1 is 1.40 bits per heavy atom.